The van der Waals surface area contributed by atoms with Crippen LogP contribution in [0.3, 0.4) is 0 Å². The molecule has 3 aromatic rings. The van der Waals surface area contributed by atoms with Crippen LogP contribution in [0.4, 0.5) is 5.69 Å². The highest BCUT2D eigenvalue weighted by molar-refractivity contribution is 6.11. The minimum atomic E-state index is -0.960. The van der Waals surface area contributed by atoms with E-state index in [9.17, 15) is 9.59 Å². The van der Waals surface area contributed by atoms with Gasteiger partial charge in [-0.1, -0.05) is 36.4 Å². The van der Waals surface area contributed by atoms with Gasteiger partial charge in [0.1, 0.15) is 17.8 Å². The van der Waals surface area contributed by atoms with Gasteiger partial charge in [-0.2, -0.15) is 0 Å². The van der Waals surface area contributed by atoms with Crippen LogP contribution in [0.5, 0.6) is 17.2 Å². The lowest BCUT2D eigenvalue weighted by atomic mass is 9.77. The summed E-state index contributed by atoms with van der Waals surface area (Å²) in [4.78, 5) is 31.5. The Balaban J connectivity index is 1.29. The quantitative estimate of drug-likeness (QED) is 0.558. The lowest BCUT2D eigenvalue weighted by Gasteiger charge is -2.28. The Morgan fingerprint density at radius 1 is 0.833 bits per heavy atom. The van der Waals surface area contributed by atoms with Gasteiger partial charge in [0.05, 0.1) is 6.54 Å². The number of likely N-dealkylation sites (tertiary alicyclic amines) is 1. The van der Waals surface area contributed by atoms with Crippen LogP contribution in [0, 0.1) is 0 Å². The van der Waals surface area contributed by atoms with E-state index in [2.05, 4.69) is 0 Å². The van der Waals surface area contributed by atoms with Crippen molar-refractivity contribution in [1.82, 2.24) is 4.90 Å². The second-order valence-electron chi connectivity index (χ2n) is 9.81. The summed E-state index contributed by atoms with van der Waals surface area (Å²) in [5.74, 6) is 1.89. The van der Waals surface area contributed by atoms with E-state index in [4.69, 9.17) is 14.2 Å². The standard InChI is InChI=1S/C29H26N2O5/c32-27(30-12-6-1-7-13-30)20-9-3-2-8-19(20)16-31-23-11-5-4-10-21(23)29(28(31)33)17-34-24-15-26-25(14-22(24)29)35-18-36-26/h2-5,8-11,14-15H,1,6-7,12-13,16-18H2. The summed E-state index contributed by atoms with van der Waals surface area (Å²) in [5, 5.41) is 0. The Bertz CT molecular complexity index is 1400. The highest BCUT2D eigenvalue weighted by Gasteiger charge is 2.57. The molecule has 0 saturated carbocycles. The monoisotopic (exact) mass is 482 g/mol. The number of piperidine rings is 1. The van der Waals surface area contributed by atoms with Gasteiger partial charge in [-0.15, -0.1) is 0 Å². The molecular formula is C29H26N2O5. The van der Waals surface area contributed by atoms with E-state index in [1.165, 1.54) is 0 Å². The molecule has 4 heterocycles. The third-order valence-electron chi connectivity index (χ3n) is 7.86. The summed E-state index contributed by atoms with van der Waals surface area (Å²) >= 11 is 0. The molecule has 3 aromatic carbocycles. The number of hydrogen-bond acceptors (Lipinski definition) is 5. The zero-order valence-electron chi connectivity index (χ0n) is 19.9. The highest BCUT2D eigenvalue weighted by Crippen LogP contribution is 2.55. The van der Waals surface area contributed by atoms with Gasteiger partial charge in [0.25, 0.3) is 5.91 Å². The number of anilines is 1. The van der Waals surface area contributed by atoms with Crippen LogP contribution in [0.2, 0.25) is 0 Å². The highest BCUT2D eigenvalue weighted by atomic mass is 16.7. The molecule has 1 spiro atoms. The predicted octanol–water partition coefficient (Wildman–Crippen LogP) is 4.27. The molecule has 1 atom stereocenters. The fraction of sp³-hybridized carbons (Fsp3) is 0.310. The van der Waals surface area contributed by atoms with Gasteiger partial charge in [0.2, 0.25) is 12.7 Å². The summed E-state index contributed by atoms with van der Waals surface area (Å²) in [6, 6.07) is 19.2. The van der Waals surface area contributed by atoms with Gasteiger partial charge >= 0.3 is 0 Å². The van der Waals surface area contributed by atoms with E-state index in [1.54, 1.807) is 4.90 Å². The Hall–Kier alpha value is -4.00. The van der Waals surface area contributed by atoms with Crippen LogP contribution >= 0.6 is 0 Å². The maximum absolute atomic E-state index is 14.3. The molecule has 1 unspecified atom stereocenters. The largest absolute Gasteiger partial charge is 0.491 e. The lowest BCUT2D eigenvalue weighted by molar-refractivity contribution is -0.122. The summed E-state index contributed by atoms with van der Waals surface area (Å²) in [6.07, 6.45) is 3.23. The van der Waals surface area contributed by atoms with Crippen LogP contribution in [0.25, 0.3) is 0 Å². The van der Waals surface area contributed by atoms with Crippen LogP contribution in [-0.2, 0) is 16.8 Å². The molecule has 4 aliphatic rings. The molecule has 7 nitrogen and oxygen atoms in total. The summed E-state index contributed by atoms with van der Waals surface area (Å²) in [6.45, 7) is 2.25. The Labute approximate surface area is 209 Å². The molecule has 0 bridgehead atoms. The number of carbonyl (C=O) groups excluding carboxylic acids is 2. The molecule has 1 saturated heterocycles. The minimum absolute atomic E-state index is 0.0437. The molecule has 0 aromatic heterocycles. The number of fused-ring (bicyclic) bond motifs is 5. The van der Waals surface area contributed by atoms with Crippen LogP contribution in [0.1, 0.15) is 46.3 Å². The molecule has 0 N–H and O–H groups in total. The second-order valence-corrected chi connectivity index (χ2v) is 9.81. The number of benzene rings is 3. The fourth-order valence-corrected chi connectivity index (χ4v) is 6.03. The first-order chi connectivity index (χ1) is 17.7. The zero-order chi connectivity index (χ0) is 24.3. The molecule has 1 fully saturated rings. The van der Waals surface area contributed by atoms with E-state index in [0.29, 0.717) is 29.4 Å². The van der Waals surface area contributed by atoms with Gasteiger partial charge in [-0.3, -0.25) is 9.59 Å². The molecule has 4 aliphatic heterocycles. The van der Waals surface area contributed by atoms with E-state index < -0.39 is 5.41 Å². The Kier molecular flexibility index (Phi) is 4.74. The van der Waals surface area contributed by atoms with Crippen LogP contribution < -0.4 is 19.1 Å². The third-order valence-corrected chi connectivity index (χ3v) is 7.86. The molecule has 7 rings (SSSR count). The molecule has 182 valence electrons. The van der Waals surface area contributed by atoms with Crippen molar-refractivity contribution >= 4 is 17.5 Å². The van der Waals surface area contributed by atoms with Crippen molar-refractivity contribution in [1.29, 1.82) is 0 Å². The number of rotatable bonds is 3. The first-order valence-electron chi connectivity index (χ1n) is 12.5. The van der Waals surface area contributed by atoms with Gasteiger partial charge < -0.3 is 24.0 Å². The van der Waals surface area contributed by atoms with Crippen molar-refractivity contribution in [3.63, 3.8) is 0 Å². The van der Waals surface area contributed by atoms with Gasteiger partial charge in [-0.05, 0) is 48.6 Å². The van der Waals surface area contributed by atoms with Gasteiger partial charge in [0.15, 0.2) is 11.5 Å². The summed E-state index contributed by atoms with van der Waals surface area (Å²) in [7, 11) is 0. The second kappa shape index (κ2) is 8.01. The van der Waals surface area contributed by atoms with E-state index in [-0.39, 0.29) is 25.2 Å². The van der Waals surface area contributed by atoms with Gasteiger partial charge in [0, 0.05) is 36.0 Å². The van der Waals surface area contributed by atoms with E-state index in [0.717, 1.165) is 54.7 Å². The van der Waals surface area contributed by atoms with Crippen molar-refractivity contribution in [3.8, 4) is 17.2 Å². The van der Waals surface area contributed by atoms with Crippen molar-refractivity contribution in [3.05, 3.63) is 82.9 Å². The number of ether oxygens (including phenoxy) is 3. The fourth-order valence-electron chi connectivity index (χ4n) is 6.03. The zero-order valence-corrected chi connectivity index (χ0v) is 19.9. The Morgan fingerprint density at radius 2 is 1.58 bits per heavy atom. The maximum Gasteiger partial charge on any atom is 0.254 e. The van der Waals surface area contributed by atoms with Crippen molar-refractivity contribution < 1.29 is 23.8 Å². The molecule has 7 heteroatoms. The average molecular weight is 483 g/mol. The lowest BCUT2D eigenvalue weighted by Crippen LogP contribution is -2.42. The normalized spacial score (nSPS) is 21.5. The van der Waals surface area contributed by atoms with Gasteiger partial charge in [-0.25, -0.2) is 0 Å². The number of amides is 2. The van der Waals surface area contributed by atoms with Crippen molar-refractivity contribution in [2.45, 2.75) is 31.2 Å². The summed E-state index contributed by atoms with van der Waals surface area (Å²) in [5.41, 5.74) is 3.10. The average Bonchev–Trinajstić information content (AvgIpc) is 3.60. The number of para-hydroxylation sites is 1. The predicted molar refractivity (Wildman–Crippen MR) is 133 cm³/mol. The molecule has 36 heavy (non-hydrogen) atoms. The topological polar surface area (TPSA) is 68.3 Å². The van der Waals surface area contributed by atoms with Crippen molar-refractivity contribution in [2.24, 2.45) is 0 Å². The Morgan fingerprint density at radius 3 is 2.44 bits per heavy atom. The smallest absolute Gasteiger partial charge is 0.254 e. The molecule has 0 aliphatic carbocycles. The number of carbonyl (C=O) groups is 2. The van der Waals surface area contributed by atoms with E-state index in [1.807, 2.05) is 65.6 Å². The van der Waals surface area contributed by atoms with Crippen molar-refractivity contribution in [2.75, 3.05) is 31.4 Å². The number of nitrogens with zero attached hydrogens (tertiary/aromatic N) is 2. The molecule has 2 amide bonds. The van der Waals surface area contributed by atoms with Crippen LogP contribution in [-0.4, -0.2) is 43.2 Å². The third kappa shape index (κ3) is 2.98. The first kappa shape index (κ1) is 21.3. The SMILES string of the molecule is O=C(c1ccccc1CN1C(=O)C2(COc3cc4c(cc32)OCO4)c2ccccc21)N1CCCCC1. The summed E-state index contributed by atoms with van der Waals surface area (Å²) < 4.78 is 17.2. The minimum Gasteiger partial charge on any atom is -0.491 e. The molecular weight excluding hydrogens is 456 g/mol. The first-order valence-corrected chi connectivity index (χ1v) is 12.5. The molecule has 0 radical (unpaired) electrons. The number of hydrogen-bond donors (Lipinski definition) is 0. The van der Waals surface area contributed by atoms with Crippen LogP contribution in [0.15, 0.2) is 60.7 Å². The maximum atomic E-state index is 14.3. The van der Waals surface area contributed by atoms with E-state index >= 15 is 0 Å².